The third kappa shape index (κ3) is 9.37. The average molecular weight is 505 g/mol. The SMILES string of the molecule is C[C@@]1(CCOCc2ccccc2)[C@@H](CCOCc2ccccc2)CC(CCC#C[Si](C)(C)C)=C[C@H]1O. The molecule has 3 nitrogen and oxygen atoms in total. The normalized spacial score (nSPS) is 22.0. The van der Waals surface area contributed by atoms with Crippen molar-refractivity contribution in [3.8, 4) is 11.5 Å². The van der Waals surface area contributed by atoms with E-state index in [2.05, 4.69) is 68.4 Å². The van der Waals surface area contributed by atoms with Gasteiger partial charge in [-0.15, -0.1) is 11.5 Å². The first kappa shape index (κ1) is 28.4. The standard InChI is InChI=1S/C32H44O3Si/c1-32(19-21-35-26-28-15-9-6-10-16-28)30(18-20-34-25-27-13-7-5-8-14-27)23-29(24-31(32)33)17-11-12-22-36(2,3)4/h5-10,13-16,24,30-31,33H,11,17-21,23,25-26H2,1-4H3/t30-,31+,32+/m0/s1. The summed E-state index contributed by atoms with van der Waals surface area (Å²) >= 11 is 0. The summed E-state index contributed by atoms with van der Waals surface area (Å²) in [5.41, 5.74) is 6.94. The van der Waals surface area contributed by atoms with Crippen LogP contribution in [0.1, 0.15) is 50.2 Å². The predicted molar refractivity (Wildman–Crippen MR) is 152 cm³/mol. The van der Waals surface area contributed by atoms with E-state index in [9.17, 15) is 5.11 Å². The fraction of sp³-hybridized carbons (Fsp3) is 0.500. The fourth-order valence-corrected chi connectivity index (χ4v) is 5.49. The van der Waals surface area contributed by atoms with Gasteiger partial charge in [0.05, 0.1) is 19.3 Å². The van der Waals surface area contributed by atoms with Gasteiger partial charge in [-0.2, -0.15) is 0 Å². The van der Waals surface area contributed by atoms with Crippen LogP contribution in [0.2, 0.25) is 19.6 Å². The summed E-state index contributed by atoms with van der Waals surface area (Å²) in [6, 6.07) is 20.6. The van der Waals surface area contributed by atoms with Gasteiger partial charge in [0.15, 0.2) is 0 Å². The van der Waals surface area contributed by atoms with E-state index in [4.69, 9.17) is 9.47 Å². The van der Waals surface area contributed by atoms with Crippen molar-refractivity contribution in [2.45, 2.75) is 78.0 Å². The number of rotatable bonds is 12. The van der Waals surface area contributed by atoms with Crippen molar-refractivity contribution in [3.05, 3.63) is 83.4 Å². The lowest BCUT2D eigenvalue weighted by atomic mass is 9.63. The molecule has 0 heterocycles. The third-order valence-electron chi connectivity index (χ3n) is 7.16. The van der Waals surface area contributed by atoms with Crippen LogP contribution in [0.4, 0.5) is 0 Å². The summed E-state index contributed by atoms with van der Waals surface area (Å²) < 4.78 is 12.1. The highest BCUT2D eigenvalue weighted by atomic mass is 28.3. The molecule has 0 spiro atoms. The molecule has 4 heteroatoms. The van der Waals surface area contributed by atoms with Gasteiger partial charge in [0, 0.05) is 25.0 Å². The van der Waals surface area contributed by atoms with E-state index in [0.29, 0.717) is 32.3 Å². The zero-order valence-electron chi connectivity index (χ0n) is 22.6. The monoisotopic (exact) mass is 504 g/mol. The molecule has 0 saturated heterocycles. The van der Waals surface area contributed by atoms with Crippen molar-refractivity contribution in [1.29, 1.82) is 0 Å². The number of hydrogen-bond donors (Lipinski definition) is 1. The highest BCUT2D eigenvalue weighted by molar-refractivity contribution is 6.83. The molecule has 0 saturated carbocycles. The topological polar surface area (TPSA) is 38.7 Å². The number of ether oxygens (including phenoxy) is 2. The van der Waals surface area contributed by atoms with Crippen molar-refractivity contribution >= 4 is 8.07 Å². The zero-order valence-corrected chi connectivity index (χ0v) is 23.6. The summed E-state index contributed by atoms with van der Waals surface area (Å²) in [6.07, 6.45) is 6.18. The van der Waals surface area contributed by atoms with Crippen molar-refractivity contribution in [1.82, 2.24) is 0 Å². The largest absolute Gasteiger partial charge is 0.388 e. The van der Waals surface area contributed by atoms with Crippen LogP contribution in [0.25, 0.3) is 0 Å². The minimum absolute atomic E-state index is 0.236. The molecule has 2 aromatic carbocycles. The number of benzene rings is 2. The second-order valence-electron chi connectivity index (χ2n) is 11.3. The van der Waals surface area contributed by atoms with E-state index in [0.717, 1.165) is 32.1 Å². The smallest absolute Gasteiger partial charge is 0.129 e. The second-order valence-corrected chi connectivity index (χ2v) is 16.1. The van der Waals surface area contributed by atoms with E-state index in [1.54, 1.807) is 0 Å². The lowest BCUT2D eigenvalue weighted by Crippen LogP contribution is -2.43. The lowest BCUT2D eigenvalue weighted by molar-refractivity contribution is -0.0312. The first-order valence-corrected chi connectivity index (χ1v) is 16.9. The van der Waals surface area contributed by atoms with Crippen LogP contribution in [0, 0.1) is 22.8 Å². The van der Waals surface area contributed by atoms with Gasteiger partial charge in [-0.1, -0.05) is 98.9 Å². The molecule has 1 aliphatic rings. The van der Waals surface area contributed by atoms with Crippen LogP contribution in [-0.2, 0) is 22.7 Å². The van der Waals surface area contributed by atoms with Crippen LogP contribution in [-0.4, -0.2) is 32.5 Å². The molecule has 0 aromatic heterocycles. The molecule has 194 valence electrons. The first-order valence-electron chi connectivity index (χ1n) is 13.4. The molecular weight excluding hydrogens is 460 g/mol. The molecular formula is C32H44O3Si. The molecule has 0 bridgehead atoms. The Balaban J connectivity index is 1.59. The molecule has 0 amide bonds. The van der Waals surface area contributed by atoms with Gasteiger partial charge in [-0.05, 0) is 42.7 Å². The Morgan fingerprint density at radius 3 is 2.08 bits per heavy atom. The maximum Gasteiger partial charge on any atom is 0.129 e. The maximum atomic E-state index is 11.3. The number of aliphatic hydroxyl groups is 1. The molecule has 3 rings (SSSR count). The number of allylic oxidation sites excluding steroid dienone is 1. The van der Waals surface area contributed by atoms with Crippen molar-refractivity contribution in [2.75, 3.05) is 13.2 Å². The third-order valence-corrected chi connectivity index (χ3v) is 8.09. The van der Waals surface area contributed by atoms with Crippen LogP contribution >= 0.6 is 0 Å². The molecule has 0 radical (unpaired) electrons. The lowest BCUT2D eigenvalue weighted by Gasteiger charge is -2.44. The van der Waals surface area contributed by atoms with Gasteiger partial charge in [0.1, 0.15) is 8.07 Å². The van der Waals surface area contributed by atoms with Crippen molar-refractivity contribution in [3.63, 3.8) is 0 Å². The summed E-state index contributed by atoms with van der Waals surface area (Å²) in [4.78, 5) is 0. The number of aliphatic hydroxyl groups excluding tert-OH is 1. The van der Waals surface area contributed by atoms with Gasteiger partial charge >= 0.3 is 0 Å². The fourth-order valence-electron chi connectivity index (χ4n) is 4.84. The Bertz CT molecular complexity index is 1000. The highest BCUT2D eigenvalue weighted by Gasteiger charge is 2.42. The number of hydrogen-bond acceptors (Lipinski definition) is 3. The zero-order chi connectivity index (χ0) is 25.9. The highest BCUT2D eigenvalue weighted by Crippen LogP contribution is 2.46. The Morgan fingerprint density at radius 2 is 1.50 bits per heavy atom. The van der Waals surface area contributed by atoms with Crippen LogP contribution < -0.4 is 0 Å². The summed E-state index contributed by atoms with van der Waals surface area (Å²) in [5, 5.41) is 11.3. The Kier molecular flexibility index (Phi) is 11.0. The quantitative estimate of drug-likeness (QED) is 0.144. The van der Waals surface area contributed by atoms with E-state index in [1.807, 2.05) is 36.4 Å². The molecule has 1 N–H and O–H groups in total. The molecule has 0 unspecified atom stereocenters. The molecule has 0 fully saturated rings. The van der Waals surface area contributed by atoms with Crippen LogP contribution in [0.5, 0.6) is 0 Å². The summed E-state index contributed by atoms with van der Waals surface area (Å²) in [6.45, 7) is 11.6. The van der Waals surface area contributed by atoms with Gasteiger partial charge in [-0.3, -0.25) is 0 Å². The van der Waals surface area contributed by atoms with Crippen molar-refractivity contribution in [2.24, 2.45) is 11.3 Å². The predicted octanol–water partition coefficient (Wildman–Crippen LogP) is 7.17. The van der Waals surface area contributed by atoms with E-state index < -0.39 is 14.2 Å². The molecule has 3 atom stereocenters. The molecule has 2 aromatic rings. The van der Waals surface area contributed by atoms with Crippen LogP contribution in [0.15, 0.2) is 72.3 Å². The Morgan fingerprint density at radius 1 is 0.917 bits per heavy atom. The van der Waals surface area contributed by atoms with Gasteiger partial charge < -0.3 is 14.6 Å². The van der Waals surface area contributed by atoms with Gasteiger partial charge in [0.2, 0.25) is 0 Å². The van der Waals surface area contributed by atoms with Crippen LogP contribution in [0.3, 0.4) is 0 Å². The second kappa shape index (κ2) is 14.0. The first-order chi connectivity index (χ1) is 17.3. The van der Waals surface area contributed by atoms with E-state index >= 15 is 0 Å². The van der Waals surface area contributed by atoms with E-state index in [-0.39, 0.29) is 5.41 Å². The minimum atomic E-state index is -1.35. The molecule has 36 heavy (non-hydrogen) atoms. The minimum Gasteiger partial charge on any atom is -0.388 e. The molecule has 0 aliphatic heterocycles. The molecule has 1 aliphatic carbocycles. The maximum absolute atomic E-state index is 11.3. The van der Waals surface area contributed by atoms with Crippen molar-refractivity contribution < 1.29 is 14.6 Å². The average Bonchev–Trinajstić information content (AvgIpc) is 2.86. The van der Waals surface area contributed by atoms with Gasteiger partial charge in [0.25, 0.3) is 0 Å². The Labute approximate surface area is 219 Å². The Hall–Kier alpha value is -2.16. The van der Waals surface area contributed by atoms with Gasteiger partial charge in [-0.25, -0.2) is 0 Å². The summed E-state index contributed by atoms with van der Waals surface area (Å²) in [5.74, 6) is 3.74. The summed E-state index contributed by atoms with van der Waals surface area (Å²) in [7, 11) is -1.35. The van der Waals surface area contributed by atoms with E-state index in [1.165, 1.54) is 16.7 Å².